The van der Waals surface area contributed by atoms with Gasteiger partial charge < -0.3 is 19.3 Å². The number of quaternary nitrogens is 1. The average molecular weight is 670 g/mol. The Morgan fingerprint density at radius 3 is 1.28 bits per heavy atom. The van der Waals surface area contributed by atoms with Crippen LogP contribution < -0.4 is 0 Å². The highest BCUT2D eigenvalue weighted by molar-refractivity contribution is 5.69. The molecule has 8 heteroatoms. The van der Waals surface area contributed by atoms with Gasteiger partial charge in [-0.05, 0) is 12.8 Å². The summed E-state index contributed by atoms with van der Waals surface area (Å²) in [6, 6.07) is 0. The van der Waals surface area contributed by atoms with Gasteiger partial charge in [0.1, 0.15) is 19.8 Å². The van der Waals surface area contributed by atoms with Crippen molar-refractivity contribution in [3.8, 4) is 0 Å². The number of likely N-dealkylation sites (N-methyl/N-ethyl adjacent to an activating group) is 1. The van der Waals surface area contributed by atoms with Gasteiger partial charge in [-0.2, -0.15) is 0 Å². The molecule has 1 atom stereocenters. The lowest BCUT2D eigenvalue weighted by Crippen LogP contribution is -2.75. The van der Waals surface area contributed by atoms with E-state index >= 15 is 0 Å². The van der Waals surface area contributed by atoms with Gasteiger partial charge in [0, 0.05) is 25.9 Å². The van der Waals surface area contributed by atoms with Crippen LogP contribution in [-0.2, 0) is 23.8 Å². The average Bonchev–Trinajstić information content (AvgIpc) is 3.01. The fourth-order valence-corrected chi connectivity index (χ4v) is 6.83. The summed E-state index contributed by atoms with van der Waals surface area (Å²) in [6.45, 7) is 7.27. The molecule has 1 fully saturated rings. The summed E-state index contributed by atoms with van der Waals surface area (Å²) in [5.74, 6) is -0.924. The topological polar surface area (TPSA) is 85.3 Å². The van der Waals surface area contributed by atoms with E-state index in [0.29, 0.717) is 43.6 Å². The molecule has 0 aliphatic carbocycles. The zero-order chi connectivity index (χ0) is 34.5. The Morgan fingerprint density at radius 1 is 0.638 bits per heavy atom. The van der Waals surface area contributed by atoms with Gasteiger partial charge in [-0.25, -0.2) is 4.90 Å². The minimum absolute atomic E-state index is 0.0494. The Morgan fingerprint density at radius 2 is 0.979 bits per heavy atom. The van der Waals surface area contributed by atoms with Crippen molar-refractivity contribution in [2.45, 2.75) is 180 Å². The fourth-order valence-electron chi connectivity index (χ4n) is 6.83. The van der Waals surface area contributed by atoms with Gasteiger partial charge in [0.25, 0.3) is 5.85 Å². The smallest absolute Gasteiger partial charge is 0.305 e. The Balaban J connectivity index is 2.33. The monoisotopic (exact) mass is 670 g/mol. The van der Waals surface area contributed by atoms with Crippen LogP contribution in [0.15, 0.2) is 0 Å². The lowest BCUT2D eigenvalue weighted by Gasteiger charge is -2.57. The predicted molar refractivity (Wildman–Crippen MR) is 193 cm³/mol. The molecule has 0 saturated carbocycles. The Kier molecular flexibility index (Phi) is 26.7. The Hall–Kier alpha value is -1.22. The maximum absolute atomic E-state index is 12.5. The molecule has 1 aliphatic rings. The minimum Gasteiger partial charge on any atom is -0.464 e. The first-order valence-corrected chi connectivity index (χ1v) is 20.0. The van der Waals surface area contributed by atoms with Gasteiger partial charge in [0.15, 0.2) is 0 Å². The van der Waals surface area contributed by atoms with Crippen LogP contribution in [0.1, 0.15) is 174 Å². The number of aliphatic hydroxyl groups excluding tert-OH is 1. The van der Waals surface area contributed by atoms with Crippen LogP contribution in [0.2, 0.25) is 0 Å². The van der Waals surface area contributed by atoms with E-state index in [0.717, 1.165) is 32.1 Å². The van der Waals surface area contributed by atoms with Crippen molar-refractivity contribution in [3.63, 3.8) is 0 Å². The van der Waals surface area contributed by atoms with E-state index in [1.54, 1.807) is 0 Å². The highest BCUT2D eigenvalue weighted by Crippen LogP contribution is 2.37. The maximum Gasteiger partial charge on any atom is 0.305 e. The summed E-state index contributed by atoms with van der Waals surface area (Å²) in [5.41, 5.74) is 0. The molecule has 1 N–H and O–H groups in total. The molecule has 0 aromatic heterocycles. The van der Waals surface area contributed by atoms with E-state index in [2.05, 4.69) is 32.8 Å². The summed E-state index contributed by atoms with van der Waals surface area (Å²) < 4.78 is 18.0. The van der Waals surface area contributed by atoms with Crippen LogP contribution in [0, 0.1) is 0 Å². The standard InChI is InChI=1S/C39H77N2O6/c1-5-7-9-11-13-15-17-19-21-23-25-27-37(43)45-35-30-40(39(29-34-47-39)41(3,4)32-33-42)31-36-46-38(44)28-26-24-22-20-18-16-14-12-10-8-6-2/h42H,5-36H2,1-4H3/q+1. The molecule has 0 spiro atoms. The lowest BCUT2D eigenvalue weighted by molar-refractivity contribution is -0.994. The first kappa shape index (κ1) is 43.8. The molecular formula is C39H77N2O6+. The second-order valence-corrected chi connectivity index (χ2v) is 14.5. The summed E-state index contributed by atoms with van der Waals surface area (Å²) in [7, 11) is 4.11. The quantitative estimate of drug-likeness (QED) is 0.0317. The third kappa shape index (κ3) is 20.1. The number of nitrogens with zero attached hydrogens (tertiary/aromatic N) is 2. The van der Waals surface area contributed by atoms with Crippen molar-refractivity contribution in [1.29, 1.82) is 0 Å². The van der Waals surface area contributed by atoms with Crippen LogP contribution in [-0.4, -0.2) is 92.4 Å². The SMILES string of the molecule is CCCCCCCCCCCCCC(=O)OCCN(CCOC(=O)CCCCCCCCCCCCC)C1([N+](C)(C)CCO)CCO1. The molecular weight excluding hydrogens is 592 g/mol. The Labute approximate surface area is 290 Å². The zero-order valence-electron chi connectivity index (χ0n) is 31.5. The molecule has 0 aromatic rings. The van der Waals surface area contributed by atoms with Gasteiger partial charge in [0.2, 0.25) is 0 Å². The molecule has 1 aliphatic heterocycles. The molecule has 0 bridgehead atoms. The second-order valence-electron chi connectivity index (χ2n) is 14.5. The van der Waals surface area contributed by atoms with Gasteiger partial charge in [-0.1, -0.05) is 142 Å². The highest BCUT2D eigenvalue weighted by Gasteiger charge is 2.56. The molecule has 0 aromatic carbocycles. The summed E-state index contributed by atoms with van der Waals surface area (Å²) in [4.78, 5) is 27.1. The van der Waals surface area contributed by atoms with Crippen LogP contribution in [0.4, 0.5) is 0 Å². The normalized spacial score (nSPS) is 16.4. The number of aliphatic hydroxyl groups is 1. The van der Waals surface area contributed by atoms with Crippen LogP contribution in [0.3, 0.4) is 0 Å². The molecule has 8 nitrogen and oxygen atoms in total. The van der Waals surface area contributed by atoms with Crippen molar-refractivity contribution in [2.24, 2.45) is 0 Å². The van der Waals surface area contributed by atoms with Gasteiger partial charge >= 0.3 is 11.9 Å². The molecule has 0 amide bonds. The van der Waals surface area contributed by atoms with Crippen LogP contribution in [0.25, 0.3) is 0 Å². The van der Waals surface area contributed by atoms with Gasteiger partial charge in [-0.15, -0.1) is 0 Å². The molecule has 47 heavy (non-hydrogen) atoms. The number of hydrogen-bond acceptors (Lipinski definition) is 7. The zero-order valence-corrected chi connectivity index (χ0v) is 31.5. The van der Waals surface area contributed by atoms with Crippen LogP contribution in [0.5, 0.6) is 0 Å². The summed E-state index contributed by atoms with van der Waals surface area (Å²) in [5, 5.41) is 9.74. The van der Waals surface area contributed by atoms with E-state index in [9.17, 15) is 14.7 Å². The van der Waals surface area contributed by atoms with E-state index < -0.39 is 5.85 Å². The fraction of sp³-hybridized carbons (Fsp3) is 0.949. The number of hydrogen-bond donors (Lipinski definition) is 1. The third-order valence-electron chi connectivity index (χ3n) is 10.1. The predicted octanol–water partition coefficient (Wildman–Crippen LogP) is 8.92. The van der Waals surface area contributed by atoms with Crippen LogP contribution >= 0.6 is 0 Å². The van der Waals surface area contributed by atoms with Crippen molar-refractivity contribution < 1.29 is 33.4 Å². The number of unbranched alkanes of at least 4 members (excludes halogenated alkanes) is 20. The Bertz CT molecular complexity index is 714. The van der Waals surface area contributed by atoms with E-state index in [4.69, 9.17) is 14.2 Å². The molecule has 1 unspecified atom stereocenters. The summed E-state index contributed by atoms with van der Waals surface area (Å²) >= 11 is 0. The first-order chi connectivity index (χ1) is 22.8. The number of ether oxygens (including phenoxy) is 3. The van der Waals surface area contributed by atoms with Gasteiger partial charge in [0.05, 0.1) is 33.7 Å². The number of rotatable bonds is 34. The largest absolute Gasteiger partial charge is 0.464 e. The second kappa shape index (κ2) is 28.6. The molecule has 278 valence electrons. The minimum atomic E-state index is -0.631. The van der Waals surface area contributed by atoms with Gasteiger partial charge in [-0.3, -0.25) is 14.1 Å². The lowest BCUT2D eigenvalue weighted by atomic mass is 10.1. The van der Waals surface area contributed by atoms with E-state index in [1.807, 2.05) is 0 Å². The van der Waals surface area contributed by atoms with E-state index in [-0.39, 0.29) is 31.8 Å². The molecule has 0 radical (unpaired) electrons. The van der Waals surface area contributed by atoms with Crippen molar-refractivity contribution in [2.75, 3.05) is 60.2 Å². The molecule has 1 heterocycles. The molecule has 1 rings (SSSR count). The number of esters is 2. The van der Waals surface area contributed by atoms with E-state index in [1.165, 1.54) is 116 Å². The third-order valence-corrected chi connectivity index (χ3v) is 10.1. The highest BCUT2D eigenvalue weighted by atomic mass is 16.6. The molecule has 1 saturated heterocycles. The number of carbonyl (C=O) groups excluding carboxylic acids is 2. The van der Waals surface area contributed by atoms with Crippen molar-refractivity contribution in [1.82, 2.24) is 4.90 Å². The van der Waals surface area contributed by atoms with Crippen molar-refractivity contribution >= 4 is 11.9 Å². The number of carbonyl (C=O) groups is 2. The first-order valence-electron chi connectivity index (χ1n) is 20.0. The van der Waals surface area contributed by atoms with Crippen molar-refractivity contribution in [3.05, 3.63) is 0 Å². The maximum atomic E-state index is 12.5. The summed E-state index contributed by atoms with van der Waals surface area (Å²) in [6.07, 6.45) is 29.3.